The quantitative estimate of drug-likeness (QED) is 0.287. The molecule has 0 aromatic heterocycles. The van der Waals surface area contributed by atoms with E-state index in [9.17, 15) is 20.0 Å². The number of amides is 1. The summed E-state index contributed by atoms with van der Waals surface area (Å²) >= 11 is 0. The van der Waals surface area contributed by atoms with Gasteiger partial charge in [0.05, 0.1) is 24.0 Å². The number of carbonyl (C=O) groups is 2. The molecule has 0 bridgehead atoms. The van der Waals surface area contributed by atoms with Crippen molar-refractivity contribution in [1.82, 2.24) is 5.32 Å². The fraction of sp³-hybridized carbons (Fsp3) is 0.667. The molecule has 1 amide bonds. The molecule has 8 heteroatoms. The van der Waals surface area contributed by atoms with Crippen molar-refractivity contribution < 1.29 is 14.7 Å². The molecule has 0 fully saturated rings. The second-order valence-electron chi connectivity index (χ2n) is 5.97. The van der Waals surface area contributed by atoms with Crippen molar-refractivity contribution >= 4 is 11.7 Å². The molecule has 0 aliphatic rings. The summed E-state index contributed by atoms with van der Waals surface area (Å²) < 4.78 is 0. The Morgan fingerprint density at radius 3 is 2.57 bits per heavy atom. The zero-order valence-electron chi connectivity index (χ0n) is 13.5. The Labute approximate surface area is 135 Å². The predicted molar refractivity (Wildman–Crippen MR) is 83.7 cm³/mol. The van der Waals surface area contributed by atoms with Gasteiger partial charge in [-0.3, -0.25) is 9.59 Å². The summed E-state index contributed by atoms with van der Waals surface area (Å²) in [7, 11) is 0. The Morgan fingerprint density at radius 2 is 2.13 bits per heavy atom. The van der Waals surface area contributed by atoms with E-state index >= 15 is 0 Å². The highest BCUT2D eigenvalue weighted by Gasteiger charge is 2.41. The highest BCUT2D eigenvalue weighted by atomic mass is 16.3. The second kappa shape index (κ2) is 8.79. The Balaban J connectivity index is 5.33. The van der Waals surface area contributed by atoms with E-state index in [2.05, 4.69) is 21.3 Å². The summed E-state index contributed by atoms with van der Waals surface area (Å²) in [4.78, 5) is 26.6. The number of aliphatic hydroxyl groups is 1. The number of ketones is 1. The number of rotatable bonds is 9. The molecule has 0 saturated carbocycles. The van der Waals surface area contributed by atoms with Crippen molar-refractivity contribution in [3.05, 3.63) is 10.4 Å². The van der Waals surface area contributed by atoms with E-state index in [-0.39, 0.29) is 31.6 Å². The largest absolute Gasteiger partial charge is 0.392 e. The van der Waals surface area contributed by atoms with Gasteiger partial charge in [-0.05, 0) is 32.7 Å². The Hall–Kier alpha value is -2.54. The van der Waals surface area contributed by atoms with Crippen LogP contribution in [-0.2, 0) is 9.59 Å². The van der Waals surface area contributed by atoms with E-state index in [0.717, 1.165) is 0 Å². The monoisotopic (exact) mass is 319 g/mol. The molecule has 0 aromatic rings. The van der Waals surface area contributed by atoms with Gasteiger partial charge in [-0.25, -0.2) is 0 Å². The third-order valence-corrected chi connectivity index (χ3v) is 3.20. The standard InChI is InChI=1S/C15H21N5O3/c1-5-6-12(22)7-14(3,10-16)9-15(4,19-20-17)13(23)18-8-11(2)21/h1,11,21H,6-9H2,2-4H3,(H,18,23). The van der Waals surface area contributed by atoms with Crippen LogP contribution in [0.2, 0.25) is 0 Å². The highest BCUT2D eigenvalue weighted by Crippen LogP contribution is 2.34. The summed E-state index contributed by atoms with van der Waals surface area (Å²) in [5.41, 5.74) is 5.94. The van der Waals surface area contributed by atoms with Crippen molar-refractivity contribution in [3.8, 4) is 18.4 Å². The number of nitrogens with one attached hydrogen (secondary N) is 1. The molecule has 0 spiro atoms. The second-order valence-corrected chi connectivity index (χ2v) is 5.97. The van der Waals surface area contributed by atoms with Gasteiger partial charge in [-0.15, -0.1) is 6.42 Å². The van der Waals surface area contributed by atoms with E-state index in [4.69, 9.17) is 12.0 Å². The first-order valence-electron chi connectivity index (χ1n) is 7.01. The zero-order valence-corrected chi connectivity index (χ0v) is 13.5. The van der Waals surface area contributed by atoms with E-state index in [0.29, 0.717) is 0 Å². The minimum Gasteiger partial charge on any atom is -0.392 e. The number of terminal acetylenes is 1. The van der Waals surface area contributed by atoms with Crippen molar-refractivity contribution in [2.24, 2.45) is 10.5 Å². The highest BCUT2D eigenvalue weighted by molar-refractivity contribution is 5.86. The SMILES string of the molecule is C#CCC(=O)CC(C)(C#N)CC(C)(N=[N+]=[N-])C(=O)NCC(C)O. The molecule has 0 aromatic carbocycles. The van der Waals surface area contributed by atoms with E-state index in [1.54, 1.807) is 0 Å². The summed E-state index contributed by atoms with van der Waals surface area (Å²) in [6, 6.07) is 2.00. The Bertz CT molecular complexity index is 583. The van der Waals surface area contributed by atoms with Crippen LogP contribution in [0.1, 0.15) is 40.0 Å². The normalized spacial score (nSPS) is 16.4. The lowest BCUT2D eigenvalue weighted by molar-refractivity contribution is -0.128. The molecule has 3 unspecified atom stereocenters. The van der Waals surface area contributed by atoms with Gasteiger partial charge in [-0.1, -0.05) is 11.0 Å². The number of nitrogens with zero attached hydrogens (tertiary/aromatic N) is 4. The minimum absolute atomic E-state index is 0.0192. The van der Waals surface area contributed by atoms with Gasteiger partial charge >= 0.3 is 0 Å². The van der Waals surface area contributed by atoms with Crippen molar-refractivity contribution in [2.45, 2.75) is 51.7 Å². The number of nitriles is 1. The maximum atomic E-state index is 12.3. The number of hydrogen-bond acceptors (Lipinski definition) is 5. The Kier molecular flexibility index (Phi) is 7.82. The van der Waals surface area contributed by atoms with Crippen LogP contribution < -0.4 is 5.32 Å². The lowest BCUT2D eigenvalue weighted by Crippen LogP contribution is -2.47. The van der Waals surface area contributed by atoms with Crippen LogP contribution in [0.3, 0.4) is 0 Å². The van der Waals surface area contributed by atoms with Gasteiger partial charge in [0, 0.05) is 17.9 Å². The fourth-order valence-corrected chi connectivity index (χ4v) is 2.20. The number of hydrogen-bond donors (Lipinski definition) is 2. The number of aliphatic hydroxyl groups excluding tert-OH is 1. The molecule has 8 nitrogen and oxygen atoms in total. The lowest BCUT2D eigenvalue weighted by atomic mass is 9.75. The summed E-state index contributed by atoms with van der Waals surface area (Å²) in [5.74, 6) is 1.28. The molecule has 0 radical (unpaired) electrons. The first-order valence-corrected chi connectivity index (χ1v) is 7.01. The van der Waals surface area contributed by atoms with Gasteiger partial charge < -0.3 is 10.4 Å². The molecular formula is C15H21N5O3. The number of Topliss-reactive ketones (excluding diaryl/α,β-unsaturated/α-hetero) is 1. The van der Waals surface area contributed by atoms with E-state index < -0.39 is 23.0 Å². The third-order valence-electron chi connectivity index (χ3n) is 3.20. The number of azide groups is 1. The maximum Gasteiger partial charge on any atom is 0.231 e. The molecule has 23 heavy (non-hydrogen) atoms. The summed E-state index contributed by atoms with van der Waals surface area (Å²) in [5, 5.41) is 24.5. The van der Waals surface area contributed by atoms with Crippen LogP contribution >= 0.6 is 0 Å². The first kappa shape index (κ1) is 20.5. The predicted octanol–water partition coefficient (Wildman–Crippen LogP) is 1.45. The average molecular weight is 319 g/mol. The van der Waals surface area contributed by atoms with E-state index in [1.165, 1.54) is 20.8 Å². The van der Waals surface area contributed by atoms with Gasteiger partial charge in [0.1, 0.15) is 11.3 Å². The molecule has 0 heterocycles. The molecule has 0 rings (SSSR count). The van der Waals surface area contributed by atoms with Crippen LogP contribution in [0, 0.1) is 29.1 Å². The molecule has 124 valence electrons. The molecule has 3 atom stereocenters. The van der Waals surface area contributed by atoms with E-state index in [1.807, 2.05) is 6.07 Å². The molecular weight excluding hydrogens is 298 g/mol. The van der Waals surface area contributed by atoms with Gasteiger partial charge in [0.15, 0.2) is 0 Å². The van der Waals surface area contributed by atoms with Gasteiger partial charge in [-0.2, -0.15) is 5.26 Å². The minimum atomic E-state index is -1.56. The van der Waals surface area contributed by atoms with Crippen LogP contribution in [0.15, 0.2) is 5.11 Å². The Morgan fingerprint density at radius 1 is 1.52 bits per heavy atom. The summed E-state index contributed by atoms with van der Waals surface area (Å²) in [6.07, 6.45) is 3.90. The van der Waals surface area contributed by atoms with Crippen LogP contribution in [0.5, 0.6) is 0 Å². The van der Waals surface area contributed by atoms with Crippen LogP contribution in [0.4, 0.5) is 0 Å². The molecule has 0 saturated heterocycles. The lowest BCUT2D eigenvalue weighted by Gasteiger charge is -2.31. The third kappa shape index (κ3) is 6.84. The van der Waals surface area contributed by atoms with Crippen molar-refractivity contribution in [3.63, 3.8) is 0 Å². The first-order chi connectivity index (χ1) is 10.6. The van der Waals surface area contributed by atoms with Crippen molar-refractivity contribution in [1.29, 1.82) is 5.26 Å². The zero-order chi connectivity index (χ0) is 18.1. The molecule has 0 aliphatic carbocycles. The van der Waals surface area contributed by atoms with Gasteiger partial charge in [0.2, 0.25) is 5.91 Å². The summed E-state index contributed by atoms with van der Waals surface area (Å²) in [6.45, 7) is 4.36. The fourth-order valence-electron chi connectivity index (χ4n) is 2.20. The van der Waals surface area contributed by atoms with Crippen LogP contribution in [0.25, 0.3) is 10.4 Å². The topological polar surface area (TPSA) is 139 Å². The molecule has 2 N–H and O–H groups in total. The van der Waals surface area contributed by atoms with Gasteiger partial charge in [0.25, 0.3) is 0 Å². The van der Waals surface area contributed by atoms with Crippen LogP contribution in [-0.4, -0.2) is 35.0 Å². The maximum absolute atomic E-state index is 12.3. The average Bonchev–Trinajstić information content (AvgIpc) is 2.44. The smallest absolute Gasteiger partial charge is 0.231 e. The number of carbonyl (C=O) groups excluding carboxylic acids is 2. The van der Waals surface area contributed by atoms with Crippen molar-refractivity contribution in [2.75, 3.05) is 6.54 Å². The molecule has 0 aliphatic heterocycles.